The van der Waals surface area contributed by atoms with E-state index >= 15 is 0 Å². The van der Waals surface area contributed by atoms with Gasteiger partial charge in [-0.3, -0.25) is 0 Å². The second kappa shape index (κ2) is 6.76. The molecular weight excluding hydrogens is 218 g/mol. The molecule has 3 nitrogen and oxygen atoms in total. The quantitative estimate of drug-likeness (QED) is 0.822. The average Bonchev–Trinajstić information content (AvgIpc) is 2.29. The van der Waals surface area contributed by atoms with Crippen LogP contribution in [-0.2, 0) is 6.54 Å². The van der Waals surface area contributed by atoms with Gasteiger partial charge in [0.1, 0.15) is 5.82 Å². The number of thioether (sulfide) groups is 1. The molecule has 0 saturated carbocycles. The van der Waals surface area contributed by atoms with E-state index in [2.05, 4.69) is 47.6 Å². The van der Waals surface area contributed by atoms with Crippen molar-refractivity contribution in [3.05, 3.63) is 23.9 Å². The first-order valence-corrected chi connectivity index (χ1v) is 6.90. The van der Waals surface area contributed by atoms with Crippen molar-refractivity contribution in [2.24, 2.45) is 0 Å². The van der Waals surface area contributed by atoms with E-state index < -0.39 is 0 Å². The predicted molar refractivity (Wildman–Crippen MR) is 73.2 cm³/mol. The minimum atomic E-state index is 0.507. The smallest absolute Gasteiger partial charge is 0.128 e. The molecule has 0 bridgehead atoms. The summed E-state index contributed by atoms with van der Waals surface area (Å²) in [5.74, 6) is 2.17. The van der Waals surface area contributed by atoms with Crippen LogP contribution >= 0.6 is 11.8 Å². The van der Waals surface area contributed by atoms with Crippen LogP contribution in [0, 0.1) is 0 Å². The second-order valence-corrected chi connectivity index (χ2v) is 4.84. The van der Waals surface area contributed by atoms with Crippen molar-refractivity contribution >= 4 is 17.6 Å². The number of rotatable bonds is 6. The van der Waals surface area contributed by atoms with Gasteiger partial charge in [0.2, 0.25) is 0 Å². The van der Waals surface area contributed by atoms with Crippen LogP contribution in [0.4, 0.5) is 5.82 Å². The standard InChI is InChI=1S/C12H21N3S/c1-10(9-16-4)15(3)12-7-5-6-11(14-12)8-13-2/h5-7,10,13H,8-9H2,1-4H3. The van der Waals surface area contributed by atoms with E-state index in [1.807, 2.05) is 24.9 Å². The van der Waals surface area contributed by atoms with Gasteiger partial charge in [0.05, 0.1) is 5.69 Å². The molecule has 1 heterocycles. The minimum Gasteiger partial charge on any atom is -0.356 e. The Morgan fingerprint density at radius 3 is 2.88 bits per heavy atom. The lowest BCUT2D eigenvalue weighted by Gasteiger charge is -2.25. The van der Waals surface area contributed by atoms with E-state index in [1.54, 1.807) is 0 Å². The first-order valence-electron chi connectivity index (χ1n) is 5.51. The molecule has 16 heavy (non-hydrogen) atoms. The van der Waals surface area contributed by atoms with Crippen molar-refractivity contribution < 1.29 is 0 Å². The molecule has 0 aromatic carbocycles. The van der Waals surface area contributed by atoms with Crippen molar-refractivity contribution in [1.82, 2.24) is 10.3 Å². The molecule has 1 aromatic heterocycles. The first-order chi connectivity index (χ1) is 7.69. The largest absolute Gasteiger partial charge is 0.356 e. The molecule has 0 amide bonds. The highest BCUT2D eigenvalue weighted by Gasteiger charge is 2.10. The van der Waals surface area contributed by atoms with Gasteiger partial charge in [-0.25, -0.2) is 4.98 Å². The Morgan fingerprint density at radius 1 is 1.50 bits per heavy atom. The van der Waals surface area contributed by atoms with Gasteiger partial charge in [-0.2, -0.15) is 11.8 Å². The Morgan fingerprint density at radius 2 is 2.25 bits per heavy atom. The van der Waals surface area contributed by atoms with Crippen LogP contribution < -0.4 is 10.2 Å². The van der Waals surface area contributed by atoms with Gasteiger partial charge >= 0.3 is 0 Å². The zero-order valence-electron chi connectivity index (χ0n) is 10.5. The maximum Gasteiger partial charge on any atom is 0.128 e. The van der Waals surface area contributed by atoms with Gasteiger partial charge in [-0.1, -0.05) is 6.07 Å². The second-order valence-electron chi connectivity index (χ2n) is 3.93. The van der Waals surface area contributed by atoms with Gasteiger partial charge in [-0.05, 0) is 32.4 Å². The van der Waals surface area contributed by atoms with Crippen LogP contribution in [0.25, 0.3) is 0 Å². The summed E-state index contributed by atoms with van der Waals surface area (Å²) >= 11 is 1.87. The lowest BCUT2D eigenvalue weighted by Crippen LogP contribution is -2.31. The van der Waals surface area contributed by atoms with Crippen LogP contribution in [0.5, 0.6) is 0 Å². The van der Waals surface area contributed by atoms with E-state index in [9.17, 15) is 0 Å². The maximum absolute atomic E-state index is 4.62. The number of nitrogens with zero attached hydrogens (tertiary/aromatic N) is 2. The molecule has 1 unspecified atom stereocenters. The third-order valence-corrected chi connectivity index (χ3v) is 3.40. The number of hydrogen-bond acceptors (Lipinski definition) is 4. The lowest BCUT2D eigenvalue weighted by atomic mass is 10.3. The van der Waals surface area contributed by atoms with Crippen molar-refractivity contribution in [2.75, 3.05) is 31.0 Å². The fourth-order valence-corrected chi connectivity index (χ4v) is 2.23. The third kappa shape index (κ3) is 3.68. The van der Waals surface area contributed by atoms with Gasteiger partial charge in [-0.15, -0.1) is 0 Å². The molecule has 0 saturated heterocycles. The molecule has 1 atom stereocenters. The molecule has 1 aromatic rings. The summed E-state index contributed by atoms with van der Waals surface area (Å²) in [6.07, 6.45) is 2.13. The fourth-order valence-electron chi connectivity index (χ4n) is 1.52. The van der Waals surface area contributed by atoms with Crippen molar-refractivity contribution in [1.29, 1.82) is 0 Å². The zero-order chi connectivity index (χ0) is 12.0. The number of hydrogen-bond donors (Lipinski definition) is 1. The molecule has 1 rings (SSSR count). The van der Waals surface area contributed by atoms with Crippen LogP contribution in [0.2, 0.25) is 0 Å². The van der Waals surface area contributed by atoms with Crippen molar-refractivity contribution in [3.63, 3.8) is 0 Å². The summed E-state index contributed by atoms with van der Waals surface area (Å²) in [4.78, 5) is 6.85. The van der Waals surface area contributed by atoms with Crippen molar-refractivity contribution in [2.45, 2.75) is 19.5 Å². The molecular formula is C12H21N3S. The van der Waals surface area contributed by atoms with Gasteiger partial charge in [0, 0.05) is 25.4 Å². The fraction of sp³-hybridized carbons (Fsp3) is 0.583. The van der Waals surface area contributed by atoms with E-state index in [-0.39, 0.29) is 0 Å². The van der Waals surface area contributed by atoms with E-state index in [0.717, 1.165) is 23.8 Å². The van der Waals surface area contributed by atoms with Crippen molar-refractivity contribution in [3.8, 4) is 0 Å². The SMILES string of the molecule is CNCc1cccc(N(C)C(C)CSC)n1. The summed E-state index contributed by atoms with van der Waals surface area (Å²) in [5, 5.41) is 3.12. The van der Waals surface area contributed by atoms with Crippen LogP contribution in [0.1, 0.15) is 12.6 Å². The zero-order valence-corrected chi connectivity index (χ0v) is 11.3. The molecule has 0 aliphatic heterocycles. The summed E-state index contributed by atoms with van der Waals surface area (Å²) in [6, 6.07) is 6.69. The first kappa shape index (κ1) is 13.3. The molecule has 0 radical (unpaired) electrons. The summed E-state index contributed by atoms with van der Waals surface area (Å²) in [6.45, 7) is 3.04. The lowest BCUT2D eigenvalue weighted by molar-refractivity contribution is 0.739. The molecule has 0 aliphatic carbocycles. The van der Waals surface area contributed by atoms with Gasteiger partial charge in [0.25, 0.3) is 0 Å². The monoisotopic (exact) mass is 239 g/mol. The molecule has 0 aliphatic rings. The van der Waals surface area contributed by atoms with Gasteiger partial charge < -0.3 is 10.2 Å². The molecule has 1 N–H and O–H groups in total. The van der Waals surface area contributed by atoms with Crippen LogP contribution in [-0.4, -0.2) is 37.1 Å². The van der Waals surface area contributed by atoms with E-state index in [4.69, 9.17) is 0 Å². The molecule has 90 valence electrons. The molecule has 0 spiro atoms. The Bertz CT molecular complexity index is 317. The number of pyridine rings is 1. The third-order valence-electron chi connectivity index (χ3n) is 2.58. The highest BCUT2D eigenvalue weighted by atomic mass is 32.2. The normalized spacial score (nSPS) is 12.5. The molecule has 0 fully saturated rings. The van der Waals surface area contributed by atoms with Gasteiger partial charge in [0.15, 0.2) is 0 Å². The minimum absolute atomic E-state index is 0.507. The summed E-state index contributed by atoms with van der Waals surface area (Å²) < 4.78 is 0. The summed E-state index contributed by atoms with van der Waals surface area (Å²) in [7, 11) is 4.04. The van der Waals surface area contributed by atoms with E-state index in [0.29, 0.717) is 6.04 Å². The Labute approximate surface area is 103 Å². The topological polar surface area (TPSA) is 28.2 Å². The number of anilines is 1. The Kier molecular flexibility index (Phi) is 5.63. The Hall–Kier alpha value is -0.740. The number of aromatic nitrogens is 1. The van der Waals surface area contributed by atoms with Crippen LogP contribution in [0.15, 0.2) is 18.2 Å². The highest BCUT2D eigenvalue weighted by molar-refractivity contribution is 7.98. The number of nitrogens with one attached hydrogen (secondary N) is 1. The maximum atomic E-state index is 4.62. The van der Waals surface area contributed by atoms with E-state index in [1.165, 1.54) is 0 Å². The molecule has 4 heteroatoms. The average molecular weight is 239 g/mol. The van der Waals surface area contributed by atoms with Crippen LogP contribution in [0.3, 0.4) is 0 Å². The Balaban J connectivity index is 2.74. The highest BCUT2D eigenvalue weighted by Crippen LogP contribution is 2.14. The predicted octanol–water partition coefficient (Wildman–Crippen LogP) is 1.99. The summed E-state index contributed by atoms with van der Waals surface area (Å²) in [5.41, 5.74) is 1.09.